The fourth-order valence-corrected chi connectivity index (χ4v) is 6.95. The number of benzene rings is 2. The summed E-state index contributed by atoms with van der Waals surface area (Å²) in [5.74, 6) is -5.89. The molecule has 4 atom stereocenters. The minimum Gasteiger partial charge on any atom is -0.382 e. The van der Waals surface area contributed by atoms with Gasteiger partial charge in [-0.25, -0.2) is 18.4 Å². The molecule has 264 valence electrons. The third-order valence-electron chi connectivity index (χ3n) is 9.15. The zero-order chi connectivity index (χ0) is 36.8. The number of carbonyl (C=O) groups is 1. The van der Waals surface area contributed by atoms with E-state index in [0.717, 1.165) is 12.1 Å². The lowest BCUT2D eigenvalue weighted by molar-refractivity contribution is -0.142. The molecule has 51 heavy (non-hydrogen) atoms. The predicted octanol–water partition coefficient (Wildman–Crippen LogP) is 6.08. The molecule has 0 saturated heterocycles. The number of rotatable bonds is 7. The molecule has 2 aromatic carbocycles. The molecule has 16 heteroatoms. The van der Waals surface area contributed by atoms with Crippen molar-refractivity contribution in [3.63, 3.8) is 0 Å². The average molecular weight is 712 g/mol. The fraction of sp³-hybridized carbons (Fsp3) is 0.314. The van der Waals surface area contributed by atoms with E-state index < -0.39 is 82.4 Å². The summed E-state index contributed by atoms with van der Waals surface area (Å²) in [6.07, 6.45) is -5.90. The highest BCUT2D eigenvalue weighted by Crippen LogP contribution is 2.69. The second-order valence-corrected chi connectivity index (χ2v) is 13.4. The van der Waals surface area contributed by atoms with Crippen LogP contribution in [-0.2, 0) is 23.3 Å². The van der Waals surface area contributed by atoms with Crippen LogP contribution >= 0.6 is 0 Å². The van der Waals surface area contributed by atoms with E-state index in [0.29, 0.717) is 27.2 Å². The number of aromatic amines is 1. The van der Waals surface area contributed by atoms with Crippen molar-refractivity contribution < 1.29 is 40.6 Å². The van der Waals surface area contributed by atoms with Crippen LogP contribution in [0.25, 0.3) is 22.0 Å². The largest absolute Gasteiger partial charge is 0.435 e. The van der Waals surface area contributed by atoms with Gasteiger partial charge in [-0.3, -0.25) is 9.89 Å². The molecule has 6 N–H and O–H groups in total. The van der Waals surface area contributed by atoms with Crippen molar-refractivity contribution in [3.05, 3.63) is 94.1 Å². The van der Waals surface area contributed by atoms with Gasteiger partial charge in [0.25, 0.3) is 5.92 Å². The number of amides is 1. The van der Waals surface area contributed by atoms with Crippen LogP contribution in [0, 0.1) is 29.4 Å². The number of H-pyrrole nitrogens is 1. The topological polar surface area (TPSA) is 149 Å². The molecule has 0 aliphatic heterocycles. The quantitative estimate of drug-likeness (QED) is 0.119. The number of aromatic nitrogens is 5. The highest BCUT2D eigenvalue weighted by atomic mass is 19.4. The van der Waals surface area contributed by atoms with Crippen LogP contribution in [-0.4, -0.2) is 41.6 Å². The van der Waals surface area contributed by atoms with E-state index >= 15 is 8.78 Å². The molecule has 1 saturated carbocycles. The molecule has 2 aliphatic carbocycles. The van der Waals surface area contributed by atoms with Crippen molar-refractivity contribution in [2.45, 2.75) is 62.3 Å². The Morgan fingerprint density at radius 3 is 2.47 bits per heavy atom. The highest BCUT2D eigenvalue weighted by molar-refractivity contribution is 5.92. The number of pyridine rings is 1. The van der Waals surface area contributed by atoms with Crippen LogP contribution in [0.15, 0.2) is 48.5 Å². The van der Waals surface area contributed by atoms with E-state index in [1.807, 2.05) is 0 Å². The molecule has 9 nitrogen and oxygen atoms in total. The van der Waals surface area contributed by atoms with E-state index in [1.165, 1.54) is 26.0 Å². The Morgan fingerprint density at radius 2 is 1.82 bits per heavy atom. The summed E-state index contributed by atoms with van der Waals surface area (Å²) in [6, 6.07) is 8.22. The summed E-state index contributed by atoms with van der Waals surface area (Å²) in [5.41, 5.74) is 8.07. The molecular formula is C35H28F7N7O2. The van der Waals surface area contributed by atoms with Crippen LogP contribution in [0.2, 0.25) is 0 Å². The summed E-state index contributed by atoms with van der Waals surface area (Å²) in [4.78, 5) is 18.2. The van der Waals surface area contributed by atoms with Gasteiger partial charge < -0.3 is 16.6 Å². The summed E-state index contributed by atoms with van der Waals surface area (Å²) in [5, 5.41) is 21.1. The normalized spacial score (nSPS) is 18.9. The standard InChI is InChI=1S/C35H28F7N7O2/c1-33(2,51)8-7-19-4-5-20(16-3-6-25-22(12-16)31(43)47-46-25)27(45-19)23(11-15-9-17(36)13-18(37)10-15)28(32(44)50)49-30-26(29(48-49)35(40,41)42)21-14-24(21)34(30,38)39/h3-6,9-10,12-13,21,23-24,28,51H,11,14H2,1-2H3,(H2,44,50)(H3,43,46,47)/t21-,23+,24+,28?/m0/s1. The average Bonchev–Trinajstić information content (AvgIpc) is 3.52. The number of anilines is 1. The third kappa shape index (κ3) is 6.05. The number of nitrogen functional groups attached to an aromatic ring is 1. The smallest absolute Gasteiger partial charge is 0.382 e. The molecule has 1 amide bonds. The van der Waals surface area contributed by atoms with Crippen LogP contribution in [0.3, 0.4) is 0 Å². The lowest BCUT2D eigenvalue weighted by Crippen LogP contribution is -2.37. The summed E-state index contributed by atoms with van der Waals surface area (Å²) < 4.78 is 104. The van der Waals surface area contributed by atoms with Gasteiger partial charge in [0, 0.05) is 34.4 Å². The lowest BCUT2D eigenvalue weighted by Gasteiger charge is -2.29. The molecule has 3 heterocycles. The second kappa shape index (κ2) is 11.6. The molecule has 1 fully saturated rings. The third-order valence-corrected chi connectivity index (χ3v) is 9.15. The van der Waals surface area contributed by atoms with Crippen molar-refractivity contribution in [3.8, 4) is 23.0 Å². The zero-order valence-corrected chi connectivity index (χ0v) is 26.8. The first kappa shape index (κ1) is 34.0. The lowest BCUT2D eigenvalue weighted by atomic mass is 9.84. The number of primary amides is 1. The minimum atomic E-state index is -5.16. The first-order valence-corrected chi connectivity index (χ1v) is 15.7. The van der Waals surface area contributed by atoms with E-state index in [9.17, 15) is 31.9 Å². The Bertz CT molecular complexity index is 2280. The van der Waals surface area contributed by atoms with Gasteiger partial charge in [-0.05, 0) is 86.1 Å². The van der Waals surface area contributed by atoms with Gasteiger partial charge >= 0.3 is 6.18 Å². The van der Waals surface area contributed by atoms with Gasteiger partial charge in [-0.1, -0.05) is 12.0 Å². The maximum atomic E-state index is 15.9. The Morgan fingerprint density at radius 1 is 1.12 bits per heavy atom. The number of nitrogens with zero attached hydrogens (tertiary/aromatic N) is 4. The monoisotopic (exact) mass is 711 g/mol. The molecular weight excluding hydrogens is 683 g/mol. The summed E-state index contributed by atoms with van der Waals surface area (Å²) in [6.45, 7) is 2.82. The number of alkyl halides is 5. The van der Waals surface area contributed by atoms with Crippen molar-refractivity contribution in [1.82, 2.24) is 25.0 Å². The zero-order valence-electron chi connectivity index (χ0n) is 26.8. The van der Waals surface area contributed by atoms with Crippen LogP contribution in [0.4, 0.5) is 36.6 Å². The number of aliphatic hydroxyl groups is 1. The van der Waals surface area contributed by atoms with Gasteiger partial charge in [0.1, 0.15) is 34.7 Å². The number of carbonyl (C=O) groups excluding carboxylic acids is 1. The van der Waals surface area contributed by atoms with Gasteiger partial charge in [-0.2, -0.15) is 32.1 Å². The van der Waals surface area contributed by atoms with Crippen LogP contribution in [0.1, 0.15) is 72.0 Å². The molecule has 2 aliphatic rings. The predicted molar refractivity (Wildman–Crippen MR) is 170 cm³/mol. The van der Waals surface area contributed by atoms with Crippen molar-refractivity contribution in [2.24, 2.45) is 11.7 Å². The number of halogens is 7. The minimum absolute atomic E-state index is 0.00618. The Kier molecular flexibility index (Phi) is 7.71. The van der Waals surface area contributed by atoms with Crippen LogP contribution in [0.5, 0.6) is 0 Å². The van der Waals surface area contributed by atoms with Gasteiger partial charge in [0.2, 0.25) is 5.91 Å². The molecule has 3 aromatic heterocycles. The van der Waals surface area contributed by atoms with Crippen molar-refractivity contribution >= 4 is 22.6 Å². The number of fused-ring (bicyclic) bond motifs is 4. The van der Waals surface area contributed by atoms with E-state index in [2.05, 4.69) is 32.1 Å². The van der Waals surface area contributed by atoms with Gasteiger partial charge in [0.05, 0.1) is 11.2 Å². The maximum absolute atomic E-state index is 15.9. The van der Waals surface area contributed by atoms with Crippen molar-refractivity contribution in [2.75, 3.05) is 5.73 Å². The highest BCUT2D eigenvalue weighted by Gasteiger charge is 2.69. The Balaban J connectivity index is 1.52. The molecule has 0 radical (unpaired) electrons. The molecule has 0 bridgehead atoms. The van der Waals surface area contributed by atoms with Crippen molar-refractivity contribution in [1.29, 1.82) is 0 Å². The molecule has 7 rings (SSSR count). The van der Waals surface area contributed by atoms with Gasteiger partial charge in [-0.15, -0.1) is 0 Å². The van der Waals surface area contributed by atoms with E-state index in [4.69, 9.17) is 11.5 Å². The number of hydrogen-bond donors (Lipinski definition) is 4. The van der Waals surface area contributed by atoms with Crippen LogP contribution < -0.4 is 11.5 Å². The van der Waals surface area contributed by atoms with E-state index in [1.54, 1.807) is 18.2 Å². The Hall–Kier alpha value is -5.43. The molecule has 5 aromatic rings. The Labute approximate surface area is 284 Å². The number of nitrogens with two attached hydrogens (primary N) is 2. The first-order valence-electron chi connectivity index (χ1n) is 15.7. The molecule has 0 spiro atoms. The maximum Gasteiger partial charge on any atom is 0.435 e. The SMILES string of the molecule is CC(C)(O)C#Cc1ccc(-c2ccc3[nH]nc(N)c3c2)c([C@@H](Cc2cc(F)cc(F)c2)C(C(N)=O)n2nc(C(F)(F)F)c3c2C(F)(F)[C@@H]2C[C@H]32)n1. The number of hydrogen-bond acceptors (Lipinski definition) is 6. The first-order chi connectivity index (χ1) is 23.8. The van der Waals surface area contributed by atoms with Gasteiger partial charge in [0.15, 0.2) is 11.5 Å². The summed E-state index contributed by atoms with van der Waals surface area (Å²) >= 11 is 0. The summed E-state index contributed by atoms with van der Waals surface area (Å²) in [7, 11) is 0. The molecule has 1 unspecified atom stereocenters. The fourth-order valence-electron chi connectivity index (χ4n) is 6.95. The second-order valence-electron chi connectivity index (χ2n) is 13.4. The van der Waals surface area contributed by atoms with E-state index in [-0.39, 0.29) is 34.8 Å². The number of nitrogens with one attached hydrogen (secondary N) is 1.